The average molecular weight is 244 g/mol. The van der Waals surface area contributed by atoms with E-state index < -0.39 is 0 Å². The molecule has 0 aromatic heterocycles. The van der Waals surface area contributed by atoms with Gasteiger partial charge >= 0.3 is 0 Å². The molecule has 0 heterocycles. The van der Waals surface area contributed by atoms with Gasteiger partial charge in [-0.3, -0.25) is 0 Å². The summed E-state index contributed by atoms with van der Waals surface area (Å²) in [6.07, 6.45) is 5.43. The Bertz CT molecular complexity index is 328. The second-order valence-electron chi connectivity index (χ2n) is 4.12. The molecule has 0 aliphatic rings. The van der Waals surface area contributed by atoms with Gasteiger partial charge in [0, 0.05) is 16.6 Å². The lowest BCUT2D eigenvalue weighted by Crippen LogP contribution is -2.12. The highest BCUT2D eigenvalue weighted by Crippen LogP contribution is 2.23. The standard InChI is InChI=1S/C13H19ClFN/c1-2-3-4-5-6-13(16)11-9-10(14)7-8-12(11)15/h7-9,13H,2-6,16H2,1H3. The summed E-state index contributed by atoms with van der Waals surface area (Å²) in [5, 5.41) is 0.542. The molecule has 0 aliphatic carbocycles. The van der Waals surface area contributed by atoms with Crippen LogP contribution in [0.3, 0.4) is 0 Å². The monoisotopic (exact) mass is 243 g/mol. The Morgan fingerprint density at radius 1 is 1.31 bits per heavy atom. The zero-order valence-electron chi connectivity index (χ0n) is 9.68. The fourth-order valence-corrected chi connectivity index (χ4v) is 1.93. The van der Waals surface area contributed by atoms with Gasteiger partial charge in [0.05, 0.1) is 0 Å². The highest BCUT2D eigenvalue weighted by Gasteiger charge is 2.11. The van der Waals surface area contributed by atoms with Crippen molar-refractivity contribution in [1.82, 2.24) is 0 Å². The van der Waals surface area contributed by atoms with Crippen LogP contribution < -0.4 is 5.73 Å². The molecular weight excluding hydrogens is 225 g/mol. The SMILES string of the molecule is CCCCCCC(N)c1cc(Cl)ccc1F. The van der Waals surface area contributed by atoms with Gasteiger partial charge < -0.3 is 5.73 Å². The molecule has 0 aliphatic heterocycles. The third kappa shape index (κ3) is 4.11. The predicted octanol–water partition coefficient (Wildman–Crippen LogP) is 4.45. The van der Waals surface area contributed by atoms with E-state index in [-0.39, 0.29) is 11.9 Å². The second kappa shape index (κ2) is 6.87. The lowest BCUT2D eigenvalue weighted by Gasteiger charge is -2.13. The van der Waals surface area contributed by atoms with Crippen LogP contribution in [0, 0.1) is 5.82 Å². The van der Waals surface area contributed by atoms with E-state index in [0.29, 0.717) is 10.6 Å². The molecule has 1 nitrogen and oxygen atoms in total. The van der Waals surface area contributed by atoms with Crippen molar-refractivity contribution in [2.24, 2.45) is 5.73 Å². The molecule has 0 spiro atoms. The third-order valence-electron chi connectivity index (χ3n) is 2.73. The largest absolute Gasteiger partial charge is 0.324 e. The molecule has 0 bridgehead atoms. The summed E-state index contributed by atoms with van der Waals surface area (Å²) in [6, 6.07) is 4.31. The minimum atomic E-state index is -0.257. The Balaban J connectivity index is 2.51. The maximum absolute atomic E-state index is 13.5. The zero-order chi connectivity index (χ0) is 12.0. The first-order valence-corrected chi connectivity index (χ1v) is 6.23. The molecular formula is C13H19ClFN. The minimum Gasteiger partial charge on any atom is -0.324 e. The number of hydrogen-bond donors (Lipinski definition) is 1. The van der Waals surface area contributed by atoms with Crippen LogP contribution >= 0.6 is 11.6 Å². The van der Waals surface area contributed by atoms with Crippen molar-refractivity contribution >= 4 is 11.6 Å². The Labute approximate surface area is 102 Å². The second-order valence-corrected chi connectivity index (χ2v) is 4.56. The molecule has 0 saturated carbocycles. The van der Waals surface area contributed by atoms with Crippen LogP contribution in [0.2, 0.25) is 5.02 Å². The van der Waals surface area contributed by atoms with Crippen LogP contribution in [0.15, 0.2) is 18.2 Å². The topological polar surface area (TPSA) is 26.0 Å². The van der Waals surface area contributed by atoms with Crippen LogP contribution in [0.5, 0.6) is 0 Å². The van der Waals surface area contributed by atoms with Crippen LogP contribution in [-0.4, -0.2) is 0 Å². The highest BCUT2D eigenvalue weighted by atomic mass is 35.5. The summed E-state index contributed by atoms with van der Waals surface area (Å²) in [5.41, 5.74) is 6.48. The van der Waals surface area contributed by atoms with E-state index in [2.05, 4.69) is 6.92 Å². The predicted molar refractivity (Wildman–Crippen MR) is 67.1 cm³/mol. The molecule has 1 rings (SSSR count). The van der Waals surface area contributed by atoms with Crippen LogP contribution in [0.25, 0.3) is 0 Å². The van der Waals surface area contributed by atoms with Crippen molar-refractivity contribution in [2.75, 3.05) is 0 Å². The molecule has 0 radical (unpaired) electrons. The number of halogens is 2. The molecule has 0 amide bonds. The molecule has 1 aromatic rings. The molecule has 90 valence electrons. The third-order valence-corrected chi connectivity index (χ3v) is 2.96. The highest BCUT2D eigenvalue weighted by molar-refractivity contribution is 6.30. The average Bonchev–Trinajstić information content (AvgIpc) is 2.27. The number of hydrogen-bond acceptors (Lipinski definition) is 1. The van der Waals surface area contributed by atoms with Crippen LogP contribution in [-0.2, 0) is 0 Å². The van der Waals surface area contributed by atoms with E-state index in [0.717, 1.165) is 19.3 Å². The van der Waals surface area contributed by atoms with E-state index in [9.17, 15) is 4.39 Å². The quantitative estimate of drug-likeness (QED) is 0.734. The number of benzene rings is 1. The molecule has 3 heteroatoms. The molecule has 0 saturated heterocycles. The molecule has 1 atom stereocenters. The molecule has 2 N–H and O–H groups in total. The van der Waals surface area contributed by atoms with Crippen LogP contribution in [0.4, 0.5) is 4.39 Å². The summed E-state index contributed by atoms with van der Waals surface area (Å²) in [7, 11) is 0. The van der Waals surface area contributed by atoms with Crippen molar-refractivity contribution in [3.8, 4) is 0 Å². The Kier molecular flexibility index (Phi) is 5.78. The molecule has 16 heavy (non-hydrogen) atoms. The van der Waals surface area contributed by atoms with Crippen molar-refractivity contribution in [3.63, 3.8) is 0 Å². The van der Waals surface area contributed by atoms with Crippen LogP contribution in [0.1, 0.15) is 50.6 Å². The van der Waals surface area contributed by atoms with E-state index in [1.54, 1.807) is 12.1 Å². The van der Waals surface area contributed by atoms with E-state index >= 15 is 0 Å². The zero-order valence-corrected chi connectivity index (χ0v) is 10.4. The lowest BCUT2D eigenvalue weighted by atomic mass is 10.0. The van der Waals surface area contributed by atoms with Gasteiger partial charge in [0.1, 0.15) is 5.82 Å². The normalized spacial score (nSPS) is 12.8. The number of unbranched alkanes of at least 4 members (excludes halogenated alkanes) is 3. The number of nitrogens with two attached hydrogens (primary N) is 1. The molecule has 0 fully saturated rings. The van der Waals surface area contributed by atoms with Crippen molar-refractivity contribution in [1.29, 1.82) is 0 Å². The summed E-state index contributed by atoms with van der Waals surface area (Å²) < 4.78 is 13.5. The first-order valence-electron chi connectivity index (χ1n) is 5.85. The van der Waals surface area contributed by atoms with Gasteiger partial charge in [0.2, 0.25) is 0 Å². The first kappa shape index (κ1) is 13.5. The Morgan fingerprint density at radius 2 is 2.06 bits per heavy atom. The van der Waals surface area contributed by atoms with E-state index in [1.165, 1.54) is 18.9 Å². The van der Waals surface area contributed by atoms with Crippen molar-refractivity contribution < 1.29 is 4.39 Å². The van der Waals surface area contributed by atoms with E-state index in [4.69, 9.17) is 17.3 Å². The summed E-state index contributed by atoms with van der Waals surface area (Å²) >= 11 is 5.82. The van der Waals surface area contributed by atoms with Gasteiger partial charge in [-0.1, -0.05) is 44.2 Å². The van der Waals surface area contributed by atoms with Gasteiger partial charge in [-0.05, 0) is 24.6 Å². The lowest BCUT2D eigenvalue weighted by molar-refractivity contribution is 0.532. The van der Waals surface area contributed by atoms with Gasteiger partial charge in [-0.15, -0.1) is 0 Å². The van der Waals surface area contributed by atoms with Gasteiger partial charge in [-0.2, -0.15) is 0 Å². The maximum Gasteiger partial charge on any atom is 0.128 e. The minimum absolute atomic E-state index is 0.240. The first-order chi connectivity index (χ1) is 7.65. The van der Waals surface area contributed by atoms with Gasteiger partial charge in [0.25, 0.3) is 0 Å². The van der Waals surface area contributed by atoms with Crippen molar-refractivity contribution in [3.05, 3.63) is 34.6 Å². The maximum atomic E-state index is 13.5. The fourth-order valence-electron chi connectivity index (χ4n) is 1.75. The Hall–Kier alpha value is -0.600. The van der Waals surface area contributed by atoms with Gasteiger partial charge in [-0.25, -0.2) is 4.39 Å². The summed E-state index contributed by atoms with van der Waals surface area (Å²) in [5.74, 6) is -0.257. The van der Waals surface area contributed by atoms with Gasteiger partial charge in [0.15, 0.2) is 0 Å². The van der Waals surface area contributed by atoms with Crippen molar-refractivity contribution in [2.45, 2.75) is 45.1 Å². The van der Waals surface area contributed by atoms with E-state index in [1.807, 2.05) is 0 Å². The number of rotatable bonds is 6. The molecule has 1 aromatic carbocycles. The Morgan fingerprint density at radius 3 is 2.75 bits per heavy atom. The summed E-state index contributed by atoms with van der Waals surface area (Å²) in [6.45, 7) is 2.16. The molecule has 1 unspecified atom stereocenters. The fraction of sp³-hybridized carbons (Fsp3) is 0.538. The summed E-state index contributed by atoms with van der Waals surface area (Å²) in [4.78, 5) is 0. The smallest absolute Gasteiger partial charge is 0.128 e.